The Morgan fingerprint density at radius 3 is 2.67 bits per heavy atom. The largest absolute Gasteiger partial charge is 0.306 e. The first kappa shape index (κ1) is 5.88. The Balaban J connectivity index is 3.01. The lowest BCUT2D eigenvalue weighted by Gasteiger charge is -1.89. The summed E-state index contributed by atoms with van der Waals surface area (Å²) in [5, 5.41) is 6.79. The molecule has 1 aromatic rings. The molecule has 0 aromatic carbocycles. The Morgan fingerprint density at radius 2 is 2.22 bits per heavy atom. The molecule has 0 fully saturated rings. The lowest BCUT2D eigenvalue weighted by molar-refractivity contribution is 1.10. The van der Waals surface area contributed by atoms with Crippen molar-refractivity contribution in [1.29, 1.82) is 5.41 Å². The van der Waals surface area contributed by atoms with Crippen molar-refractivity contribution in [3.05, 3.63) is 23.8 Å². The van der Waals surface area contributed by atoms with E-state index in [1.54, 1.807) is 12.4 Å². The van der Waals surface area contributed by atoms with E-state index in [4.69, 9.17) is 5.41 Å². The normalized spacial score (nSPS) is 9.00. The zero-order chi connectivity index (χ0) is 6.69. The highest BCUT2D eigenvalue weighted by Gasteiger charge is 1.86. The van der Waals surface area contributed by atoms with Crippen LogP contribution in [0.5, 0.6) is 0 Å². The third-order valence-corrected chi connectivity index (χ3v) is 0.949. The Kier molecular flexibility index (Phi) is 1.53. The number of rotatable bonds is 1. The van der Waals surface area contributed by atoms with Gasteiger partial charge in [-0.2, -0.15) is 0 Å². The van der Waals surface area contributed by atoms with E-state index in [-0.39, 0.29) is 0 Å². The van der Waals surface area contributed by atoms with Crippen molar-refractivity contribution in [1.82, 2.24) is 9.97 Å². The standard InChI is InChI=1S/C6H7N3/c1-5-3-9-6(2-7)4-8-5/h2-4,7H,1H3. The lowest BCUT2D eigenvalue weighted by atomic mass is 10.4. The quantitative estimate of drug-likeness (QED) is 0.558. The molecule has 46 valence electrons. The Labute approximate surface area is 53.3 Å². The van der Waals surface area contributed by atoms with Crippen molar-refractivity contribution < 1.29 is 0 Å². The van der Waals surface area contributed by atoms with Gasteiger partial charge in [0.1, 0.15) is 0 Å². The minimum absolute atomic E-state index is 0.598. The van der Waals surface area contributed by atoms with E-state index in [1.165, 1.54) is 6.21 Å². The van der Waals surface area contributed by atoms with Crippen LogP contribution in [0.1, 0.15) is 11.4 Å². The van der Waals surface area contributed by atoms with Crippen LogP contribution in [0.3, 0.4) is 0 Å². The fourth-order valence-corrected chi connectivity index (χ4v) is 0.477. The number of nitrogens with zero attached hydrogens (tertiary/aromatic N) is 2. The molecular weight excluding hydrogens is 114 g/mol. The number of aryl methyl sites for hydroxylation is 1. The lowest BCUT2D eigenvalue weighted by Crippen LogP contribution is -1.88. The van der Waals surface area contributed by atoms with Gasteiger partial charge < -0.3 is 5.41 Å². The molecule has 1 rings (SSSR count). The van der Waals surface area contributed by atoms with Gasteiger partial charge in [0.15, 0.2) is 0 Å². The molecule has 0 radical (unpaired) electrons. The Hall–Kier alpha value is -1.25. The zero-order valence-electron chi connectivity index (χ0n) is 5.13. The van der Waals surface area contributed by atoms with Crippen LogP contribution in [0.4, 0.5) is 0 Å². The predicted molar refractivity (Wildman–Crippen MR) is 34.7 cm³/mol. The molecule has 0 amide bonds. The van der Waals surface area contributed by atoms with Crippen molar-refractivity contribution in [3.8, 4) is 0 Å². The molecule has 1 heterocycles. The van der Waals surface area contributed by atoms with Gasteiger partial charge in [0.2, 0.25) is 0 Å². The van der Waals surface area contributed by atoms with Crippen LogP contribution in [0.25, 0.3) is 0 Å². The molecule has 0 aliphatic heterocycles. The van der Waals surface area contributed by atoms with E-state index in [0.29, 0.717) is 5.69 Å². The summed E-state index contributed by atoms with van der Waals surface area (Å²) in [4.78, 5) is 7.83. The van der Waals surface area contributed by atoms with E-state index in [2.05, 4.69) is 9.97 Å². The first-order valence-corrected chi connectivity index (χ1v) is 2.62. The van der Waals surface area contributed by atoms with E-state index < -0.39 is 0 Å². The van der Waals surface area contributed by atoms with Crippen molar-refractivity contribution in [2.75, 3.05) is 0 Å². The molecule has 1 N–H and O–H groups in total. The molecule has 0 saturated carbocycles. The molecule has 0 atom stereocenters. The van der Waals surface area contributed by atoms with Gasteiger partial charge >= 0.3 is 0 Å². The second kappa shape index (κ2) is 2.35. The molecule has 1 aromatic heterocycles. The Bertz CT molecular complexity index is 202. The van der Waals surface area contributed by atoms with Crippen molar-refractivity contribution in [2.45, 2.75) is 6.92 Å². The van der Waals surface area contributed by atoms with Crippen molar-refractivity contribution in [2.24, 2.45) is 0 Å². The van der Waals surface area contributed by atoms with Gasteiger partial charge in [0, 0.05) is 12.4 Å². The summed E-state index contributed by atoms with van der Waals surface area (Å²) in [7, 11) is 0. The maximum Gasteiger partial charge on any atom is 0.0988 e. The summed E-state index contributed by atoms with van der Waals surface area (Å²) in [5.74, 6) is 0. The van der Waals surface area contributed by atoms with E-state index in [9.17, 15) is 0 Å². The minimum Gasteiger partial charge on any atom is -0.306 e. The van der Waals surface area contributed by atoms with Gasteiger partial charge in [-0.1, -0.05) is 0 Å². The summed E-state index contributed by atoms with van der Waals surface area (Å²) in [6.45, 7) is 1.86. The number of aromatic nitrogens is 2. The summed E-state index contributed by atoms with van der Waals surface area (Å²) in [6, 6.07) is 0. The van der Waals surface area contributed by atoms with Crippen LogP contribution in [0.15, 0.2) is 12.4 Å². The van der Waals surface area contributed by atoms with Crippen LogP contribution in [0, 0.1) is 12.3 Å². The highest BCUT2D eigenvalue weighted by molar-refractivity contribution is 5.73. The highest BCUT2D eigenvalue weighted by atomic mass is 14.8. The van der Waals surface area contributed by atoms with Gasteiger partial charge in [-0.05, 0) is 6.92 Å². The van der Waals surface area contributed by atoms with Crippen LogP contribution in [0.2, 0.25) is 0 Å². The van der Waals surface area contributed by atoms with Gasteiger partial charge in [0.05, 0.1) is 17.6 Å². The molecule has 0 spiro atoms. The molecule has 0 unspecified atom stereocenters. The highest BCUT2D eigenvalue weighted by Crippen LogP contribution is 1.88. The predicted octanol–water partition coefficient (Wildman–Crippen LogP) is 0.783. The third kappa shape index (κ3) is 1.32. The first-order valence-electron chi connectivity index (χ1n) is 2.62. The summed E-state index contributed by atoms with van der Waals surface area (Å²) in [5.41, 5.74) is 1.47. The Morgan fingerprint density at radius 1 is 1.44 bits per heavy atom. The molecule has 0 bridgehead atoms. The number of hydrogen-bond donors (Lipinski definition) is 1. The monoisotopic (exact) mass is 121 g/mol. The molecule has 0 aliphatic carbocycles. The smallest absolute Gasteiger partial charge is 0.0988 e. The fourth-order valence-electron chi connectivity index (χ4n) is 0.477. The van der Waals surface area contributed by atoms with Gasteiger partial charge in [-0.25, -0.2) is 0 Å². The average molecular weight is 121 g/mol. The zero-order valence-corrected chi connectivity index (χ0v) is 5.13. The molecule has 0 aliphatic rings. The minimum atomic E-state index is 0.598. The maximum absolute atomic E-state index is 6.79. The summed E-state index contributed by atoms with van der Waals surface area (Å²) in [6.07, 6.45) is 4.38. The first-order chi connectivity index (χ1) is 4.33. The van der Waals surface area contributed by atoms with Crippen LogP contribution in [-0.4, -0.2) is 16.2 Å². The van der Waals surface area contributed by atoms with Crippen LogP contribution in [-0.2, 0) is 0 Å². The van der Waals surface area contributed by atoms with E-state index in [1.807, 2.05) is 6.92 Å². The third-order valence-electron chi connectivity index (χ3n) is 0.949. The topological polar surface area (TPSA) is 49.6 Å². The van der Waals surface area contributed by atoms with Crippen molar-refractivity contribution >= 4 is 6.21 Å². The average Bonchev–Trinajstić information content (AvgIpc) is 1.90. The number of hydrogen-bond acceptors (Lipinski definition) is 3. The SMILES string of the molecule is Cc1cnc(C=N)cn1. The molecule has 3 heteroatoms. The molecular formula is C6H7N3. The van der Waals surface area contributed by atoms with Crippen LogP contribution < -0.4 is 0 Å². The van der Waals surface area contributed by atoms with Crippen molar-refractivity contribution in [3.63, 3.8) is 0 Å². The van der Waals surface area contributed by atoms with E-state index in [0.717, 1.165) is 5.69 Å². The summed E-state index contributed by atoms with van der Waals surface area (Å²) >= 11 is 0. The molecule has 9 heavy (non-hydrogen) atoms. The fraction of sp³-hybridized carbons (Fsp3) is 0.167. The van der Waals surface area contributed by atoms with Gasteiger partial charge in [-0.3, -0.25) is 9.97 Å². The molecule has 0 saturated heterocycles. The van der Waals surface area contributed by atoms with Gasteiger partial charge in [0.25, 0.3) is 0 Å². The van der Waals surface area contributed by atoms with Gasteiger partial charge in [-0.15, -0.1) is 0 Å². The van der Waals surface area contributed by atoms with Crippen LogP contribution >= 0.6 is 0 Å². The second-order valence-electron chi connectivity index (χ2n) is 1.73. The second-order valence-corrected chi connectivity index (χ2v) is 1.73. The molecule has 3 nitrogen and oxygen atoms in total. The maximum atomic E-state index is 6.79. The summed E-state index contributed by atoms with van der Waals surface area (Å²) < 4.78 is 0. The van der Waals surface area contributed by atoms with E-state index >= 15 is 0 Å². The number of nitrogens with one attached hydrogen (secondary N) is 1.